The Morgan fingerprint density at radius 1 is 1.38 bits per heavy atom. The summed E-state index contributed by atoms with van der Waals surface area (Å²) >= 11 is 0. The third-order valence-corrected chi connectivity index (χ3v) is 1.30. The van der Waals surface area contributed by atoms with Crippen LogP contribution in [0, 0.1) is 11.3 Å². The number of hydrogen-bond acceptors (Lipinski definition) is 2. The first-order chi connectivity index (χ1) is 5.83. The number of hydrogen-bond donors (Lipinski definition) is 1. The number of rotatable bonds is 2. The molecule has 0 aliphatic heterocycles. The minimum Gasteiger partial charge on any atom is -0.325 e. The van der Waals surface area contributed by atoms with Crippen LogP contribution in [0.2, 0.25) is 0 Å². The zero-order valence-corrected chi connectivity index (χ0v) is 9.45. The second-order valence-corrected chi connectivity index (χ2v) is 2.25. The third kappa shape index (κ3) is 4.69. The molecule has 0 bridgehead atoms. The summed E-state index contributed by atoms with van der Waals surface area (Å²) < 4.78 is 0. The number of nitriles is 1. The summed E-state index contributed by atoms with van der Waals surface area (Å²) in [4.78, 5) is 10.9. The van der Waals surface area contributed by atoms with Crippen molar-refractivity contribution in [3.8, 4) is 6.07 Å². The zero-order valence-electron chi connectivity index (χ0n) is 7.45. The molecule has 60 valence electrons. The van der Waals surface area contributed by atoms with Crippen molar-refractivity contribution in [1.29, 1.82) is 5.26 Å². The van der Waals surface area contributed by atoms with Gasteiger partial charge >= 0.3 is 29.6 Å². The first-order valence-electron chi connectivity index (χ1n) is 3.55. The van der Waals surface area contributed by atoms with E-state index in [9.17, 15) is 4.79 Å². The second-order valence-electron chi connectivity index (χ2n) is 2.25. The summed E-state index contributed by atoms with van der Waals surface area (Å²) in [6, 6.07) is 10.8. The molecule has 0 heterocycles. The molecule has 3 nitrogen and oxygen atoms in total. The van der Waals surface area contributed by atoms with E-state index in [1.165, 1.54) is 0 Å². The van der Waals surface area contributed by atoms with Gasteiger partial charge in [-0.15, -0.1) is 0 Å². The number of carbonyl (C=O) groups is 1. The van der Waals surface area contributed by atoms with Crippen LogP contribution in [-0.4, -0.2) is 5.91 Å². The topological polar surface area (TPSA) is 52.9 Å². The van der Waals surface area contributed by atoms with Gasteiger partial charge in [0.25, 0.3) is 0 Å². The van der Waals surface area contributed by atoms with Crippen LogP contribution in [0.5, 0.6) is 0 Å². The van der Waals surface area contributed by atoms with Crippen molar-refractivity contribution in [2.45, 2.75) is 6.42 Å². The number of anilines is 1. The molecule has 1 aromatic carbocycles. The van der Waals surface area contributed by atoms with E-state index in [1.807, 2.05) is 18.2 Å². The Morgan fingerprint density at radius 3 is 2.54 bits per heavy atom. The van der Waals surface area contributed by atoms with Crippen molar-refractivity contribution in [1.82, 2.24) is 0 Å². The largest absolute Gasteiger partial charge is 1.00 e. The Kier molecular flexibility index (Phi) is 6.25. The van der Waals surface area contributed by atoms with Gasteiger partial charge in [-0.2, -0.15) is 5.26 Å². The van der Waals surface area contributed by atoms with Crippen LogP contribution >= 0.6 is 0 Å². The normalized spacial score (nSPS) is 7.92. The molecular formula is C9H8N2NaO+. The van der Waals surface area contributed by atoms with Crippen molar-refractivity contribution < 1.29 is 34.4 Å². The van der Waals surface area contributed by atoms with Crippen molar-refractivity contribution in [2.24, 2.45) is 0 Å². The minimum absolute atomic E-state index is 0. The van der Waals surface area contributed by atoms with Gasteiger partial charge in [-0.05, 0) is 12.1 Å². The molecule has 0 fully saturated rings. The molecule has 0 aliphatic rings. The van der Waals surface area contributed by atoms with E-state index in [0.717, 1.165) is 5.69 Å². The number of nitrogens with zero attached hydrogens (tertiary/aromatic N) is 1. The minimum atomic E-state index is -0.274. The summed E-state index contributed by atoms with van der Waals surface area (Å²) in [6.45, 7) is 0. The molecule has 0 saturated carbocycles. The first kappa shape index (κ1) is 12.2. The second kappa shape index (κ2) is 6.67. The van der Waals surface area contributed by atoms with Gasteiger partial charge in [0, 0.05) is 5.69 Å². The summed E-state index contributed by atoms with van der Waals surface area (Å²) in [6.07, 6.45) is -0.102. The van der Waals surface area contributed by atoms with Crippen molar-refractivity contribution >= 4 is 11.6 Å². The Balaban J connectivity index is 0.00000144. The van der Waals surface area contributed by atoms with Crippen LogP contribution in [0.25, 0.3) is 0 Å². The Labute approximate surface area is 99.0 Å². The number of nitrogens with one attached hydrogen (secondary N) is 1. The fraction of sp³-hybridized carbons (Fsp3) is 0.111. The molecular weight excluding hydrogens is 175 g/mol. The summed E-state index contributed by atoms with van der Waals surface area (Å²) in [5.41, 5.74) is 0.720. The van der Waals surface area contributed by atoms with E-state index in [1.54, 1.807) is 18.2 Å². The average Bonchev–Trinajstić information content (AvgIpc) is 2.06. The van der Waals surface area contributed by atoms with E-state index < -0.39 is 0 Å². The maximum atomic E-state index is 10.9. The molecule has 13 heavy (non-hydrogen) atoms. The van der Waals surface area contributed by atoms with Crippen molar-refractivity contribution in [3.05, 3.63) is 30.3 Å². The molecule has 0 aromatic heterocycles. The van der Waals surface area contributed by atoms with E-state index >= 15 is 0 Å². The molecule has 0 radical (unpaired) electrons. The van der Waals surface area contributed by atoms with Gasteiger partial charge in [-0.25, -0.2) is 0 Å². The monoisotopic (exact) mass is 183 g/mol. The Morgan fingerprint density at radius 2 is 2.00 bits per heavy atom. The van der Waals surface area contributed by atoms with Gasteiger partial charge in [-0.1, -0.05) is 18.2 Å². The van der Waals surface area contributed by atoms with E-state index in [4.69, 9.17) is 5.26 Å². The number of carbonyl (C=O) groups excluding carboxylic acids is 1. The molecule has 0 atom stereocenters. The first-order valence-corrected chi connectivity index (χ1v) is 3.55. The average molecular weight is 183 g/mol. The Bertz CT molecular complexity index is 305. The van der Waals surface area contributed by atoms with Crippen LogP contribution in [0.1, 0.15) is 6.42 Å². The van der Waals surface area contributed by atoms with Crippen LogP contribution in [0.3, 0.4) is 0 Å². The molecule has 0 spiro atoms. The molecule has 1 aromatic rings. The molecule has 1 rings (SSSR count). The third-order valence-electron chi connectivity index (χ3n) is 1.30. The molecule has 1 amide bonds. The number of amides is 1. The number of para-hydroxylation sites is 1. The van der Waals surface area contributed by atoms with Crippen LogP contribution in [0.15, 0.2) is 30.3 Å². The molecule has 0 aliphatic carbocycles. The summed E-state index contributed by atoms with van der Waals surface area (Å²) in [5.74, 6) is -0.274. The van der Waals surface area contributed by atoms with Gasteiger partial charge < -0.3 is 5.32 Å². The zero-order chi connectivity index (χ0) is 8.81. The summed E-state index contributed by atoms with van der Waals surface area (Å²) in [7, 11) is 0. The maximum Gasteiger partial charge on any atom is 1.00 e. The molecule has 0 saturated heterocycles. The van der Waals surface area contributed by atoms with Crippen molar-refractivity contribution in [2.75, 3.05) is 5.32 Å². The quantitative estimate of drug-likeness (QED) is 0.570. The fourth-order valence-electron chi connectivity index (χ4n) is 0.798. The van der Waals surface area contributed by atoms with E-state index in [0.29, 0.717) is 0 Å². The Hall–Kier alpha value is -0.820. The molecule has 4 heteroatoms. The molecule has 0 unspecified atom stereocenters. The predicted octanol–water partition coefficient (Wildman–Crippen LogP) is -1.46. The van der Waals surface area contributed by atoms with Gasteiger partial charge in [-0.3, -0.25) is 4.79 Å². The van der Waals surface area contributed by atoms with Crippen LogP contribution < -0.4 is 34.9 Å². The smallest absolute Gasteiger partial charge is 0.325 e. The standard InChI is InChI=1S/C9H8N2O.Na/c10-7-6-9(12)11-8-4-2-1-3-5-8;/h1-5H,6H2,(H,11,12);/q;+1. The maximum absolute atomic E-state index is 10.9. The SMILES string of the molecule is N#CCC(=O)Nc1ccccc1.[Na+]. The predicted molar refractivity (Wildman–Crippen MR) is 45.3 cm³/mol. The van der Waals surface area contributed by atoms with Gasteiger partial charge in [0.1, 0.15) is 6.42 Å². The summed E-state index contributed by atoms with van der Waals surface area (Å²) in [5, 5.41) is 10.8. The van der Waals surface area contributed by atoms with Crippen LogP contribution in [0.4, 0.5) is 5.69 Å². The van der Waals surface area contributed by atoms with Gasteiger partial charge in [0.2, 0.25) is 5.91 Å². The van der Waals surface area contributed by atoms with Gasteiger partial charge in [0.15, 0.2) is 0 Å². The van der Waals surface area contributed by atoms with Crippen molar-refractivity contribution in [3.63, 3.8) is 0 Å². The van der Waals surface area contributed by atoms with Gasteiger partial charge in [0.05, 0.1) is 6.07 Å². The van der Waals surface area contributed by atoms with E-state index in [-0.39, 0.29) is 41.9 Å². The molecule has 1 N–H and O–H groups in total. The van der Waals surface area contributed by atoms with E-state index in [2.05, 4.69) is 5.32 Å². The fourth-order valence-corrected chi connectivity index (χ4v) is 0.798. The van der Waals surface area contributed by atoms with Crippen LogP contribution in [-0.2, 0) is 4.79 Å². The number of benzene rings is 1.